The monoisotopic (exact) mass is 337 g/mol. The Labute approximate surface area is 137 Å². The van der Waals surface area contributed by atoms with E-state index >= 15 is 0 Å². The van der Waals surface area contributed by atoms with Gasteiger partial charge in [0.25, 0.3) is 5.91 Å². The molecule has 5 nitrogen and oxygen atoms in total. The van der Waals surface area contributed by atoms with Crippen molar-refractivity contribution in [1.82, 2.24) is 0 Å². The van der Waals surface area contributed by atoms with Crippen molar-refractivity contribution in [1.29, 1.82) is 0 Å². The zero-order valence-corrected chi connectivity index (χ0v) is 13.1. The third-order valence-electron chi connectivity index (χ3n) is 3.04. The number of ether oxygens (including phenoxy) is 2. The number of hydrogen-bond acceptors (Lipinski definition) is 4. The standard InChI is InChI=1S/C16H13ClFNO4/c1-22-14-6-4-10(18)8-11(14)15(20)19-13-7-9(16(21)23-2)3-5-12(13)17/h3-8H,1-2H3,(H,19,20). The third-order valence-corrected chi connectivity index (χ3v) is 3.37. The van der Waals surface area contributed by atoms with Crippen LogP contribution in [-0.4, -0.2) is 26.1 Å². The van der Waals surface area contributed by atoms with E-state index in [0.717, 1.165) is 6.07 Å². The van der Waals surface area contributed by atoms with Crippen LogP contribution in [0, 0.1) is 5.82 Å². The van der Waals surface area contributed by atoms with Crippen molar-refractivity contribution >= 4 is 29.2 Å². The first kappa shape index (κ1) is 16.8. The highest BCUT2D eigenvalue weighted by molar-refractivity contribution is 6.34. The summed E-state index contributed by atoms with van der Waals surface area (Å²) in [5.74, 6) is -1.56. The van der Waals surface area contributed by atoms with Crippen molar-refractivity contribution in [3.8, 4) is 5.75 Å². The lowest BCUT2D eigenvalue weighted by atomic mass is 10.1. The first-order valence-corrected chi connectivity index (χ1v) is 6.86. The molecule has 0 heterocycles. The zero-order valence-electron chi connectivity index (χ0n) is 12.4. The molecule has 0 spiro atoms. The average molecular weight is 338 g/mol. The van der Waals surface area contributed by atoms with Gasteiger partial charge in [-0.1, -0.05) is 11.6 Å². The van der Waals surface area contributed by atoms with Crippen molar-refractivity contribution in [3.63, 3.8) is 0 Å². The molecule has 7 heteroatoms. The molecule has 0 aliphatic carbocycles. The number of esters is 1. The van der Waals surface area contributed by atoms with Gasteiger partial charge in [0, 0.05) is 0 Å². The smallest absolute Gasteiger partial charge is 0.337 e. The summed E-state index contributed by atoms with van der Waals surface area (Å²) in [6, 6.07) is 7.86. The topological polar surface area (TPSA) is 64.6 Å². The summed E-state index contributed by atoms with van der Waals surface area (Å²) >= 11 is 6.01. The first-order valence-electron chi connectivity index (χ1n) is 6.49. The fourth-order valence-corrected chi connectivity index (χ4v) is 2.08. The van der Waals surface area contributed by atoms with E-state index in [1.807, 2.05) is 0 Å². The predicted molar refractivity (Wildman–Crippen MR) is 83.7 cm³/mol. The van der Waals surface area contributed by atoms with Gasteiger partial charge in [0.15, 0.2) is 0 Å². The summed E-state index contributed by atoms with van der Waals surface area (Å²) < 4.78 is 23.0. The summed E-state index contributed by atoms with van der Waals surface area (Å²) in [6.45, 7) is 0. The minimum Gasteiger partial charge on any atom is -0.496 e. The lowest BCUT2D eigenvalue weighted by Gasteiger charge is -2.11. The number of benzene rings is 2. The van der Waals surface area contributed by atoms with Gasteiger partial charge in [0.2, 0.25) is 0 Å². The van der Waals surface area contributed by atoms with Gasteiger partial charge in [-0.2, -0.15) is 0 Å². The average Bonchev–Trinajstić information content (AvgIpc) is 2.56. The lowest BCUT2D eigenvalue weighted by Crippen LogP contribution is -2.14. The Balaban J connectivity index is 2.34. The van der Waals surface area contributed by atoms with Crippen LogP contribution < -0.4 is 10.1 Å². The Kier molecular flexibility index (Phi) is 5.18. The van der Waals surface area contributed by atoms with Gasteiger partial charge < -0.3 is 14.8 Å². The quantitative estimate of drug-likeness (QED) is 0.867. The molecule has 0 fully saturated rings. The summed E-state index contributed by atoms with van der Waals surface area (Å²) in [7, 11) is 2.61. The largest absolute Gasteiger partial charge is 0.496 e. The molecule has 0 radical (unpaired) electrons. The maximum absolute atomic E-state index is 13.4. The van der Waals surface area contributed by atoms with Crippen LogP contribution in [0.3, 0.4) is 0 Å². The maximum atomic E-state index is 13.4. The van der Waals surface area contributed by atoms with Gasteiger partial charge in [-0.25, -0.2) is 9.18 Å². The molecule has 0 atom stereocenters. The Morgan fingerprint density at radius 2 is 1.87 bits per heavy atom. The van der Waals surface area contributed by atoms with E-state index in [-0.39, 0.29) is 27.6 Å². The molecule has 0 unspecified atom stereocenters. The summed E-state index contributed by atoms with van der Waals surface area (Å²) in [4.78, 5) is 23.8. The van der Waals surface area contributed by atoms with Crippen LogP contribution in [0.15, 0.2) is 36.4 Å². The van der Waals surface area contributed by atoms with Gasteiger partial charge in [-0.15, -0.1) is 0 Å². The highest BCUT2D eigenvalue weighted by Gasteiger charge is 2.16. The van der Waals surface area contributed by atoms with Crippen LogP contribution in [0.1, 0.15) is 20.7 Å². The summed E-state index contributed by atoms with van der Waals surface area (Å²) in [5.41, 5.74) is 0.427. The molecule has 23 heavy (non-hydrogen) atoms. The predicted octanol–water partition coefficient (Wildman–Crippen LogP) is 3.53. The van der Waals surface area contributed by atoms with Crippen LogP contribution in [0.25, 0.3) is 0 Å². The molecule has 2 aromatic rings. The second-order valence-corrected chi connectivity index (χ2v) is 4.89. The number of carbonyl (C=O) groups is 2. The van der Waals surface area contributed by atoms with E-state index < -0.39 is 17.7 Å². The first-order chi connectivity index (χ1) is 11.0. The third kappa shape index (κ3) is 3.78. The minimum absolute atomic E-state index is 0.00652. The van der Waals surface area contributed by atoms with E-state index in [1.165, 1.54) is 44.6 Å². The van der Waals surface area contributed by atoms with Crippen molar-refractivity contribution < 1.29 is 23.5 Å². The van der Waals surface area contributed by atoms with Crippen molar-refractivity contribution in [3.05, 3.63) is 58.4 Å². The summed E-state index contributed by atoms with van der Waals surface area (Å²) in [5, 5.41) is 2.75. The Hall–Kier alpha value is -2.60. The molecule has 0 aliphatic rings. The molecular formula is C16H13ClFNO4. The molecule has 120 valence electrons. The molecule has 0 bridgehead atoms. The molecular weight excluding hydrogens is 325 g/mol. The van der Waals surface area contributed by atoms with E-state index in [9.17, 15) is 14.0 Å². The van der Waals surface area contributed by atoms with Crippen molar-refractivity contribution in [2.24, 2.45) is 0 Å². The molecule has 0 aliphatic heterocycles. The number of nitrogens with one attached hydrogen (secondary N) is 1. The van der Waals surface area contributed by atoms with Gasteiger partial charge in [0.05, 0.1) is 36.1 Å². The molecule has 1 amide bonds. The highest BCUT2D eigenvalue weighted by Crippen LogP contribution is 2.26. The SMILES string of the molecule is COC(=O)c1ccc(Cl)c(NC(=O)c2cc(F)ccc2OC)c1. The van der Waals surface area contributed by atoms with Crippen LogP contribution in [0.4, 0.5) is 10.1 Å². The summed E-state index contributed by atoms with van der Waals surface area (Å²) in [6.07, 6.45) is 0. The van der Waals surface area contributed by atoms with Crippen LogP contribution in [-0.2, 0) is 4.74 Å². The van der Waals surface area contributed by atoms with Crippen LogP contribution in [0.5, 0.6) is 5.75 Å². The molecule has 0 saturated carbocycles. The molecule has 0 aromatic heterocycles. The minimum atomic E-state index is -0.620. The number of anilines is 1. The Morgan fingerprint density at radius 3 is 2.52 bits per heavy atom. The maximum Gasteiger partial charge on any atom is 0.337 e. The van der Waals surface area contributed by atoms with Crippen LogP contribution in [0.2, 0.25) is 5.02 Å². The molecule has 1 N–H and O–H groups in total. The number of methoxy groups -OCH3 is 2. The Morgan fingerprint density at radius 1 is 1.13 bits per heavy atom. The second-order valence-electron chi connectivity index (χ2n) is 4.48. The number of hydrogen-bond donors (Lipinski definition) is 1. The highest BCUT2D eigenvalue weighted by atomic mass is 35.5. The lowest BCUT2D eigenvalue weighted by molar-refractivity contribution is 0.0600. The van der Waals surface area contributed by atoms with Gasteiger partial charge in [-0.3, -0.25) is 4.79 Å². The van der Waals surface area contributed by atoms with E-state index in [4.69, 9.17) is 16.3 Å². The van der Waals surface area contributed by atoms with Crippen molar-refractivity contribution in [2.75, 3.05) is 19.5 Å². The van der Waals surface area contributed by atoms with E-state index in [2.05, 4.69) is 10.1 Å². The molecule has 2 rings (SSSR count). The number of amides is 1. The molecule has 0 saturated heterocycles. The zero-order chi connectivity index (χ0) is 17.0. The van der Waals surface area contributed by atoms with E-state index in [0.29, 0.717) is 0 Å². The van der Waals surface area contributed by atoms with Gasteiger partial charge in [-0.05, 0) is 36.4 Å². The molecule has 2 aromatic carbocycles. The van der Waals surface area contributed by atoms with Crippen LogP contribution >= 0.6 is 11.6 Å². The van der Waals surface area contributed by atoms with Gasteiger partial charge in [0.1, 0.15) is 11.6 Å². The fraction of sp³-hybridized carbons (Fsp3) is 0.125. The second kappa shape index (κ2) is 7.11. The fourth-order valence-electron chi connectivity index (χ4n) is 1.91. The Bertz CT molecular complexity index is 764. The normalized spacial score (nSPS) is 10.1. The number of rotatable bonds is 4. The number of halogens is 2. The van der Waals surface area contributed by atoms with Gasteiger partial charge >= 0.3 is 5.97 Å². The van der Waals surface area contributed by atoms with E-state index in [1.54, 1.807) is 0 Å². The van der Waals surface area contributed by atoms with Crippen molar-refractivity contribution in [2.45, 2.75) is 0 Å². The number of carbonyl (C=O) groups excluding carboxylic acids is 2.